The van der Waals surface area contributed by atoms with Gasteiger partial charge in [0.1, 0.15) is 0 Å². The van der Waals surface area contributed by atoms with E-state index in [9.17, 15) is 0 Å². The molecule has 0 spiro atoms. The summed E-state index contributed by atoms with van der Waals surface area (Å²) in [6.07, 6.45) is 1.11. The van der Waals surface area contributed by atoms with Gasteiger partial charge >= 0.3 is 0 Å². The summed E-state index contributed by atoms with van der Waals surface area (Å²) in [5, 5.41) is 6.90. The van der Waals surface area contributed by atoms with Crippen LogP contribution in [-0.4, -0.2) is 25.7 Å². The Hall–Kier alpha value is -0.380. The highest BCUT2D eigenvalue weighted by Crippen LogP contribution is 2.12. The van der Waals surface area contributed by atoms with E-state index in [4.69, 9.17) is 0 Å². The van der Waals surface area contributed by atoms with E-state index >= 15 is 0 Å². The number of nitrogens with one attached hydrogen (secondary N) is 2. The number of piperazine rings is 1. The van der Waals surface area contributed by atoms with Crippen molar-refractivity contribution in [3.05, 3.63) is 34.3 Å². The third-order valence-corrected chi connectivity index (χ3v) is 3.05. The quantitative estimate of drug-likeness (QED) is 0.837. The lowest BCUT2D eigenvalue weighted by molar-refractivity contribution is 0.416. The number of benzene rings is 1. The average molecular weight is 255 g/mol. The second-order valence-electron chi connectivity index (χ2n) is 3.69. The summed E-state index contributed by atoms with van der Waals surface area (Å²) in [6.45, 7) is 3.26. The van der Waals surface area contributed by atoms with Gasteiger partial charge in [-0.25, -0.2) is 0 Å². The van der Waals surface area contributed by atoms with E-state index in [1.807, 2.05) is 0 Å². The molecule has 1 aromatic carbocycles. The first-order chi connectivity index (χ1) is 6.84. The summed E-state index contributed by atoms with van der Waals surface area (Å²) < 4.78 is 1.15. The van der Waals surface area contributed by atoms with Crippen LogP contribution in [0.3, 0.4) is 0 Å². The number of rotatable bonds is 2. The van der Waals surface area contributed by atoms with E-state index in [1.165, 1.54) is 5.56 Å². The maximum absolute atomic E-state index is 3.51. The van der Waals surface area contributed by atoms with Crippen molar-refractivity contribution < 1.29 is 0 Å². The number of halogens is 1. The average Bonchev–Trinajstić information content (AvgIpc) is 2.23. The Morgan fingerprint density at radius 1 is 1.21 bits per heavy atom. The highest BCUT2D eigenvalue weighted by Gasteiger charge is 2.11. The molecular weight excluding hydrogens is 240 g/mol. The summed E-state index contributed by atoms with van der Waals surface area (Å²) in [5.74, 6) is 0. The van der Waals surface area contributed by atoms with Gasteiger partial charge in [0.25, 0.3) is 0 Å². The first kappa shape index (κ1) is 10.1. The molecule has 1 aliphatic rings. The topological polar surface area (TPSA) is 24.1 Å². The minimum atomic E-state index is 0.588. The maximum atomic E-state index is 3.51. The van der Waals surface area contributed by atoms with E-state index in [0.29, 0.717) is 6.04 Å². The Balaban J connectivity index is 1.92. The monoisotopic (exact) mass is 254 g/mol. The van der Waals surface area contributed by atoms with E-state index < -0.39 is 0 Å². The Morgan fingerprint density at radius 2 is 2.00 bits per heavy atom. The Bertz CT molecular complexity index is 278. The van der Waals surface area contributed by atoms with Crippen LogP contribution in [-0.2, 0) is 6.42 Å². The molecule has 0 radical (unpaired) electrons. The normalized spacial score (nSPS) is 22.2. The van der Waals surface area contributed by atoms with Crippen molar-refractivity contribution in [2.75, 3.05) is 19.6 Å². The molecule has 1 atom stereocenters. The molecule has 1 aliphatic heterocycles. The van der Waals surface area contributed by atoms with Crippen LogP contribution >= 0.6 is 15.9 Å². The SMILES string of the molecule is Brc1ccc(CC2CNCCN2)cc1. The molecule has 14 heavy (non-hydrogen) atoms. The lowest BCUT2D eigenvalue weighted by atomic mass is 10.1. The van der Waals surface area contributed by atoms with Gasteiger partial charge in [0, 0.05) is 30.1 Å². The molecule has 0 aliphatic carbocycles. The van der Waals surface area contributed by atoms with Gasteiger partial charge in [0.2, 0.25) is 0 Å². The molecule has 0 saturated carbocycles. The lowest BCUT2D eigenvalue weighted by Gasteiger charge is -2.24. The summed E-state index contributed by atoms with van der Waals surface area (Å²) in [7, 11) is 0. The number of hydrogen-bond acceptors (Lipinski definition) is 2. The van der Waals surface area contributed by atoms with Gasteiger partial charge in [-0.2, -0.15) is 0 Å². The molecule has 1 unspecified atom stereocenters. The zero-order valence-electron chi connectivity index (χ0n) is 8.09. The van der Waals surface area contributed by atoms with Crippen molar-refractivity contribution in [2.45, 2.75) is 12.5 Å². The minimum Gasteiger partial charge on any atom is -0.314 e. The molecule has 2 nitrogen and oxygen atoms in total. The molecule has 1 heterocycles. The van der Waals surface area contributed by atoms with Crippen molar-refractivity contribution >= 4 is 15.9 Å². The fourth-order valence-corrected chi connectivity index (χ4v) is 2.03. The molecule has 0 bridgehead atoms. The molecule has 1 fully saturated rings. The van der Waals surface area contributed by atoms with E-state index in [2.05, 4.69) is 50.8 Å². The number of hydrogen-bond donors (Lipinski definition) is 2. The lowest BCUT2D eigenvalue weighted by Crippen LogP contribution is -2.49. The predicted octanol–water partition coefficient (Wildman–Crippen LogP) is 1.55. The molecule has 0 amide bonds. The summed E-state index contributed by atoms with van der Waals surface area (Å²) in [6, 6.07) is 9.16. The molecule has 2 N–H and O–H groups in total. The molecule has 1 saturated heterocycles. The van der Waals surface area contributed by atoms with E-state index in [1.54, 1.807) is 0 Å². The van der Waals surface area contributed by atoms with Crippen LogP contribution in [0.15, 0.2) is 28.7 Å². The Morgan fingerprint density at radius 3 is 2.64 bits per heavy atom. The summed E-state index contributed by atoms with van der Waals surface area (Å²) in [5.41, 5.74) is 1.40. The third kappa shape index (κ3) is 2.80. The third-order valence-electron chi connectivity index (χ3n) is 2.52. The van der Waals surface area contributed by atoms with Gasteiger partial charge in [-0.1, -0.05) is 28.1 Å². The molecule has 76 valence electrons. The summed E-state index contributed by atoms with van der Waals surface area (Å²) in [4.78, 5) is 0. The predicted molar refractivity (Wildman–Crippen MR) is 62.5 cm³/mol. The molecule has 3 heteroatoms. The van der Waals surface area contributed by atoms with E-state index in [0.717, 1.165) is 30.5 Å². The van der Waals surface area contributed by atoms with Crippen LogP contribution < -0.4 is 10.6 Å². The zero-order chi connectivity index (χ0) is 9.80. The highest BCUT2D eigenvalue weighted by molar-refractivity contribution is 9.10. The van der Waals surface area contributed by atoms with Crippen molar-refractivity contribution in [3.8, 4) is 0 Å². The second kappa shape index (κ2) is 4.91. The standard InChI is InChI=1S/C11H15BrN2/c12-10-3-1-9(2-4-10)7-11-8-13-5-6-14-11/h1-4,11,13-14H,5-8H2. The highest BCUT2D eigenvalue weighted by atomic mass is 79.9. The fourth-order valence-electron chi connectivity index (χ4n) is 1.76. The van der Waals surface area contributed by atoms with Gasteiger partial charge < -0.3 is 10.6 Å². The smallest absolute Gasteiger partial charge is 0.0233 e. The fraction of sp³-hybridized carbons (Fsp3) is 0.455. The van der Waals surface area contributed by atoms with Crippen LogP contribution in [0.2, 0.25) is 0 Å². The first-order valence-electron chi connectivity index (χ1n) is 5.03. The molecule has 2 rings (SSSR count). The van der Waals surface area contributed by atoms with Gasteiger partial charge in [0.05, 0.1) is 0 Å². The van der Waals surface area contributed by atoms with Crippen LogP contribution in [0.25, 0.3) is 0 Å². The van der Waals surface area contributed by atoms with Crippen molar-refractivity contribution in [1.82, 2.24) is 10.6 Å². The van der Waals surface area contributed by atoms with Crippen LogP contribution in [0.1, 0.15) is 5.56 Å². The summed E-state index contributed by atoms with van der Waals surface area (Å²) >= 11 is 3.44. The first-order valence-corrected chi connectivity index (χ1v) is 5.82. The Kier molecular flexibility index (Phi) is 3.56. The molecule has 0 aromatic heterocycles. The van der Waals surface area contributed by atoms with E-state index in [-0.39, 0.29) is 0 Å². The van der Waals surface area contributed by atoms with Gasteiger partial charge in [-0.3, -0.25) is 0 Å². The van der Waals surface area contributed by atoms with Crippen LogP contribution in [0.4, 0.5) is 0 Å². The maximum Gasteiger partial charge on any atom is 0.0233 e. The van der Waals surface area contributed by atoms with Gasteiger partial charge in [-0.05, 0) is 24.1 Å². The van der Waals surface area contributed by atoms with Crippen LogP contribution in [0, 0.1) is 0 Å². The van der Waals surface area contributed by atoms with Gasteiger partial charge in [-0.15, -0.1) is 0 Å². The molecular formula is C11H15BrN2. The van der Waals surface area contributed by atoms with Crippen molar-refractivity contribution in [2.24, 2.45) is 0 Å². The zero-order valence-corrected chi connectivity index (χ0v) is 9.68. The van der Waals surface area contributed by atoms with Gasteiger partial charge in [0.15, 0.2) is 0 Å². The van der Waals surface area contributed by atoms with Crippen LogP contribution in [0.5, 0.6) is 0 Å². The second-order valence-corrected chi connectivity index (χ2v) is 4.60. The Labute approximate surface area is 93.2 Å². The van der Waals surface area contributed by atoms with Crippen molar-refractivity contribution in [1.29, 1.82) is 0 Å². The minimum absolute atomic E-state index is 0.588. The molecule has 1 aromatic rings. The van der Waals surface area contributed by atoms with Crippen molar-refractivity contribution in [3.63, 3.8) is 0 Å². The largest absolute Gasteiger partial charge is 0.314 e.